The van der Waals surface area contributed by atoms with E-state index < -0.39 is 11.2 Å². The molecule has 2 heterocycles. The molecule has 6 heteroatoms. The molecular weight excluding hydrogens is 356 g/mol. The maximum absolute atomic E-state index is 12.4. The number of para-hydroxylation sites is 1. The number of non-ortho nitro benzene ring substituents is 1. The summed E-state index contributed by atoms with van der Waals surface area (Å²) < 4.78 is 7.70. The van der Waals surface area contributed by atoms with Crippen LogP contribution < -0.4 is 0 Å². The highest BCUT2D eigenvalue weighted by molar-refractivity contribution is 5.95. The highest BCUT2D eigenvalue weighted by atomic mass is 16.6. The number of aromatic nitrogens is 1. The molecule has 136 valence electrons. The Balaban J connectivity index is 1.74. The molecule has 1 aliphatic heterocycles. The molecule has 0 aliphatic carbocycles. The van der Waals surface area contributed by atoms with E-state index in [9.17, 15) is 14.9 Å². The van der Waals surface area contributed by atoms with Gasteiger partial charge in [0, 0.05) is 23.1 Å². The first-order chi connectivity index (χ1) is 13.6. The summed E-state index contributed by atoms with van der Waals surface area (Å²) in [5.41, 5.74) is 3.94. The minimum absolute atomic E-state index is 0.0315. The van der Waals surface area contributed by atoms with Gasteiger partial charge in [-0.3, -0.25) is 10.1 Å². The van der Waals surface area contributed by atoms with Crippen molar-refractivity contribution in [2.45, 2.75) is 6.23 Å². The SMILES string of the molecule is O=C1OC(n2c(-c3ccc([N+](=O)[O-])cc3)cc3ccccc32)c2ccccc21. The largest absolute Gasteiger partial charge is 0.433 e. The minimum atomic E-state index is -0.589. The van der Waals surface area contributed by atoms with E-state index in [0.717, 1.165) is 27.7 Å². The average Bonchev–Trinajstić information content (AvgIpc) is 3.26. The van der Waals surface area contributed by atoms with Crippen molar-refractivity contribution < 1.29 is 14.5 Å². The van der Waals surface area contributed by atoms with Crippen molar-refractivity contribution in [1.29, 1.82) is 0 Å². The molecule has 1 aromatic heterocycles. The lowest BCUT2D eigenvalue weighted by atomic mass is 10.1. The maximum Gasteiger partial charge on any atom is 0.340 e. The first kappa shape index (κ1) is 16.3. The summed E-state index contributed by atoms with van der Waals surface area (Å²) in [5, 5.41) is 12.0. The van der Waals surface area contributed by atoms with Gasteiger partial charge in [-0.05, 0) is 35.9 Å². The van der Waals surface area contributed by atoms with E-state index in [0.29, 0.717) is 5.56 Å². The van der Waals surface area contributed by atoms with Gasteiger partial charge in [0.2, 0.25) is 6.23 Å². The van der Waals surface area contributed by atoms with Crippen LogP contribution in [-0.2, 0) is 4.74 Å². The molecule has 3 aromatic carbocycles. The summed E-state index contributed by atoms with van der Waals surface area (Å²) in [6, 6.07) is 23.6. The second-order valence-electron chi connectivity index (χ2n) is 6.61. The van der Waals surface area contributed by atoms with Crippen LogP contribution in [0.4, 0.5) is 5.69 Å². The molecule has 0 saturated carbocycles. The molecule has 0 radical (unpaired) electrons. The highest BCUT2D eigenvalue weighted by Crippen LogP contribution is 2.39. The second kappa shape index (κ2) is 6.06. The number of benzene rings is 3. The van der Waals surface area contributed by atoms with Gasteiger partial charge in [0.05, 0.1) is 21.7 Å². The normalized spacial score (nSPS) is 15.4. The lowest BCUT2D eigenvalue weighted by Gasteiger charge is -2.18. The Morgan fingerprint density at radius 3 is 2.43 bits per heavy atom. The molecule has 1 aliphatic rings. The monoisotopic (exact) mass is 370 g/mol. The number of hydrogen-bond donors (Lipinski definition) is 0. The molecule has 0 fully saturated rings. The molecule has 0 amide bonds. The predicted molar refractivity (Wildman–Crippen MR) is 104 cm³/mol. The third-order valence-corrected chi connectivity index (χ3v) is 5.02. The Morgan fingerprint density at radius 2 is 1.64 bits per heavy atom. The predicted octanol–water partition coefficient (Wildman–Crippen LogP) is 4.93. The number of esters is 1. The summed E-state index contributed by atoms with van der Waals surface area (Å²) in [7, 11) is 0. The van der Waals surface area contributed by atoms with Crippen molar-refractivity contribution >= 4 is 22.6 Å². The fourth-order valence-corrected chi connectivity index (χ4v) is 3.72. The van der Waals surface area contributed by atoms with Crippen molar-refractivity contribution in [3.05, 3.63) is 100 Å². The number of nitrogens with zero attached hydrogens (tertiary/aromatic N) is 2. The maximum atomic E-state index is 12.4. The van der Waals surface area contributed by atoms with Gasteiger partial charge in [-0.2, -0.15) is 0 Å². The van der Waals surface area contributed by atoms with Crippen molar-refractivity contribution in [3.63, 3.8) is 0 Å². The van der Waals surface area contributed by atoms with E-state index in [1.807, 2.05) is 53.1 Å². The highest BCUT2D eigenvalue weighted by Gasteiger charge is 2.34. The van der Waals surface area contributed by atoms with Gasteiger partial charge < -0.3 is 9.30 Å². The molecule has 6 nitrogen and oxygen atoms in total. The van der Waals surface area contributed by atoms with Crippen LogP contribution in [-0.4, -0.2) is 15.5 Å². The molecule has 4 aromatic rings. The third-order valence-electron chi connectivity index (χ3n) is 5.02. The van der Waals surface area contributed by atoms with Crippen LogP contribution in [0.25, 0.3) is 22.2 Å². The zero-order valence-corrected chi connectivity index (χ0v) is 14.6. The lowest BCUT2D eigenvalue weighted by molar-refractivity contribution is -0.384. The van der Waals surface area contributed by atoms with E-state index >= 15 is 0 Å². The number of carbonyl (C=O) groups excluding carboxylic acids is 1. The number of ether oxygens (including phenoxy) is 1. The quantitative estimate of drug-likeness (QED) is 0.291. The molecule has 0 bridgehead atoms. The minimum Gasteiger partial charge on any atom is -0.433 e. The van der Waals surface area contributed by atoms with Gasteiger partial charge in [-0.25, -0.2) is 4.79 Å². The molecule has 1 atom stereocenters. The summed E-state index contributed by atoms with van der Waals surface area (Å²) in [4.78, 5) is 22.9. The Bertz CT molecular complexity index is 1240. The van der Waals surface area contributed by atoms with Crippen molar-refractivity contribution in [2.75, 3.05) is 0 Å². The van der Waals surface area contributed by atoms with Crippen LogP contribution >= 0.6 is 0 Å². The van der Waals surface area contributed by atoms with Crippen LogP contribution in [0.15, 0.2) is 78.9 Å². The van der Waals surface area contributed by atoms with Gasteiger partial charge in [-0.15, -0.1) is 0 Å². The summed E-state index contributed by atoms with van der Waals surface area (Å²) >= 11 is 0. The number of nitro benzene ring substituents is 1. The van der Waals surface area contributed by atoms with Crippen molar-refractivity contribution in [2.24, 2.45) is 0 Å². The zero-order chi connectivity index (χ0) is 19.3. The zero-order valence-electron chi connectivity index (χ0n) is 14.6. The number of hydrogen-bond acceptors (Lipinski definition) is 4. The topological polar surface area (TPSA) is 74.4 Å². The first-order valence-electron chi connectivity index (χ1n) is 8.78. The fraction of sp³-hybridized carbons (Fsp3) is 0.0455. The van der Waals surface area contributed by atoms with Crippen LogP contribution in [0.3, 0.4) is 0 Å². The second-order valence-corrected chi connectivity index (χ2v) is 6.61. The van der Waals surface area contributed by atoms with E-state index in [1.54, 1.807) is 18.2 Å². The first-order valence-corrected chi connectivity index (χ1v) is 8.78. The van der Waals surface area contributed by atoms with E-state index in [4.69, 9.17) is 4.74 Å². The Labute approximate surface area is 159 Å². The molecule has 0 saturated heterocycles. The average molecular weight is 370 g/mol. The van der Waals surface area contributed by atoms with Gasteiger partial charge in [0.25, 0.3) is 5.69 Å². The van der Waals surface area contributed by atoms with Gasteiger partial charge >= 0.3 is 5.97 Å². The van der Waals surface area contributed by atoms with E-state index in [1.165, 1.54) is 12.1 Å². The standard InChI is InChI=1S/C22H14N2O4/c25-22-18-7-3-2-6-17(18)21(28-22)23-19-8-4-1-5-15(19)13-20(23)14-9-11-16(12-10-14)24(26)27/h1-13,21H. The lowest BCUT2D eigenvalue weighted by Crippen LogP contribution is -2.11. The molecule has 5 rings (SSSR count). The summed E-state index contributed by atoms with van der Waals surface area (Å²) in [5.74, 6) is -0.354. The molecule has 0 spiro atoms. The number of carbonyl (C=O) groups is 1. The van der Waals surface area contributed by atoms with Gasteiger partial charge in [0.15, 0.2) is 0 Å². The summed E-state index contributed by atoms with van der Waals surface area (Å²) in [6.45, 7) is 0. The van der Waals surface area contributed by atoms with Gasteiger partial charge in [0.1, 0.15) is 0 Å². The van der Waals surface area contributed by atoms with E-state index in [2.05, 4.69) is 0 Å². The molecule has 0 N–H and O–H groups in total. The van der Waals surface area contributed by atoms with Crippen LogP contribution in [0.2, 0.25) is 0 Å². The number of rotatable bonds is 3. The molecule has 1 unspecified atom stereocenters. The van der Waals surface area contributed by atoms with Crippen LogP contribution in [0, 0.1) is 10.1 Å². The third kappa shape index (κ3) is 2.39. The Hall–Kier alpha value is -3.93. The number of cyclic esters (lactones) is 1. The Morgan fingerprint density at radius 1 is 0.929 bits per heavy atom. The number of fused-ring (bicyclic) bond motifs is 2. The van der Waals surface area contributed by atoms with Crippen LogP contribution in [0.1, 0.15) is 22.1 Å². The van der Waals surface area contributed by atoms with Crippen molar-refractivity contribution in [1.82, 2.24) is 4.57 Å². The smallest absolute Gasteiger partial charge is 0.340 e. The number of nitro groups is 1. The van der Waals surface area contributed by atoms with Crippen molar-refractivity contribution in [3.8, 4) is 11.3 Å². The van der Waals surface area contributed by atoms with E-state index in [-0.39, 0.29) is 11.7 Å². The fourth-order valence-electron chi connectivity index (χ4n) is 3.72. The Kier molecular flexibility index (Phi) is 3.52. The molecule has 28 heavy (non-hydrogen) atoms. The summed E-state index contributed by atoms with van der Waals surface area (Å²) in [6.07, 6.45) is -0.589. The van der Waals surface area contributed by atoms with Gasteiger partial charge in [-0.1, -0.05) is 36.4 Å². The molecular formula is C22H14N2O4. The van der Waals surface area contributed by atoms with Crippen LogP contribution in [0.5, 0.6) is 0 Å².